The van der Waals surface area contributed by atoms with Crippen LogP contribution in [0.3, 0.4) is 0 Å². The number of rotatable bonds is 5. The van der Waals surface area contributed by atoms with Gasteiger partial charge in [0.2, 0.25) is 0 Å². The molecule has 0 amide bonds. The molecule has 13 heavy (non-hydrogen) atoms. The van der Waals surface area contributed by atoms with Crippen molar-refractivity contribution >= 4 is 37.0 Å². The Hall–Kier alpha value is -0.160. The van der Waals surface area contributed by atoms with Crippen molar-refractivity contribution in [2.45, 2.75) is 25.0 Å². The third kappa shape index (κ3) is 4.57. The fraction of sp³-hybridized carbons (Fsp3) is 0.750. The molecule has 0 bridgehead atoms. The molecule has 0 rings (SSSR count). The van der Waals surface area contributed by atoms with Gasteiger partial charge in [0, 0.05) is 12.2 Å². The standard InChI is InChI=1S/C8H14O3S2/c1-8(2,13)6(9)3-5(4-12)7(10)11/h5,12-13H,3-4H2,1-2H3,(H,10,11). The molecule has 5 heteroatoms. The molecule has 1 N–H and O–H groups in total. The molecular formula is C8H14O3S2. The summed E-state index contributed by atoms with van der Waals surface area (Å²) >= 11 is 7.93. The van der Waals surface area contributed by atoms with Crippen molar-refractivity contribution < 1.29 is 14.7 Å². The molecule has 0 saturated carbocycles. The molecule has 76 valence electrons. The first-order valence-corrected chi connectivity index (χ1v) is 4.96. The van der Waals surface area contributed by atoms with E-state index >= 15 is 0 Å². The number of carboxylic acids is 1. The van der Waals surface area contributed by atoms with E-state index in [1.54, 1.807) is 13.8 Å². The van der Waals surface area contributed by atoms with Crippen LogP contribution >= 0.6 is 25.3 Å². The zero-order valence-electron chi connectivity index (χ0n) is 7.65. The van der Waals surface area contributed by atoms with E-state index in [0.29, 0.717) is 0 Å². The summed E-state index contributed by atoms with van der Waals surface area (Å²) in [5.74, 6) is -1.69. The highest BCUT2D eigenvalue weighted by atomic mass is 32.1. The summed E-state index contributed by atoms with van der Waals surface area (Å²) in [6.45, 7) is 3.30. The summed E-state index contributed by atoms with van der Waals surface area (Å²) in [6.07, 6.45) is -0.00463. The van der Waals surface area contributed by atoms with Crippen molar-refractivity contribution in [2.75, 3.05) is 5.75 Å². The van der Waals surface area contributed by atoms with Gasteiger partial charge in [0.15, 0.2) is 0 Å². The smallest absolute Gasteiger partial charge is 0.307 e. The second kappa shape index (κ2) is 4.91. The van der Waals surface area contributed by atoms with Gasteiger partial charge in [-0.15, -0.1) is 0 Å². The third-order valence-electron chi connectivity index (χ3n) is 1.68. The molecular weight excluding hydrogens is 208 g/mol. The minimum atomic E-state index is -0.985. The predicted molar refractivity (Wildman–Crippen MR) is 57.7 cm³/mol. The van der Waals surface area contributed by atoms with Gasteiger partial charge in [-0.25, -0.2) is 0 Å². The fourth-order valence-corrected chi connectivity index (χ4v) is 1.08. The largest absolute Gasteiger partial charge is 0.481 e. The summed E-state index contributed by atoms with van der Waals surface area (Å²) < 4.78 is -0.767. The van der Waals surface area contributed by atoms with Gasteiger partial charge in [0.25, 0.3) is 0 Å². The SMILES string of the molecule is CC(C)(S)C(=O)CC(CS)C(=O)O. The van der Waals surface area contributed by atoms with Crippen LogP contribution in [0.1, 0.15) is 20.3 Å². The van der Waals surface area contributed by atoms with Gasteiger partial charge in [0.1, 0.15) is 5.78 Å². The summed E-state index contributed by atoms with van der Waals surface area (Å²) in [5.41, 5.74) is 0. The van der Waals surface area contributed by atoms with Crippen LogP contribution in [0.2, 0.25) is 0 Å². The normalized spacial score (nSPS) is 13.8. The molecule has 0 aliphatic rings. The highest BCUT2D eigenvalue weighted by molar-refractivity contribution is 7.82. The highest BCUT2D eigenvalue weighted by Gasteiger charge is 2.27. The van der Waals surface area contributed by atoms with Gasteiger partial charge < -0.3 is 5.11 Å². The van der Waals surface area contributed by atoms with Crippen LogP contribution in [0.4, 0.5) is 0 Å². The lowest BCUT2D eigenvalue weighted by Gasteiger charge is -2.17. The maximum atomic E-state index is 11.4. The van der Waals surface area contributed by atoms with Crippen LogP contribution in [0.5, 0.6) is 0 Å². The first-order chi connectivity index (χ1) is 5.79. The summed E-state index contributed by atoms with van der Waals surface area (Å²) in [6, 6.07) is 0. The van der Waals surface area contributed by atoms with Gasteiger partial charge in [-0.1, -0.05) is 0 Å². The average molecular weight is 222 g/mol. The second-order valence-corrected chi connectivity index (χ2v) is 4.89. The lowest BCUT2D eigenvalue weighted by Crippen LogP contribution is -2.30. The van der Waals surface area contributed by atoms with Crippen molar-refractivity contribution in [3.05, 3.63) is 0 Å². The maximum Gasteiger partial charge on any atom is 0.307 e. The van der Waals surface area contributed by atoms with Crippen LogP contribution in [0, 0.1) is 5.92 Å². The van der Waals surface area contributed by atoms with Crippen molar-refractivity contribution in [1.29, 1.82) is 0 Å². The Balaban J connectivity index is 4.26. The first kappa shape index (κ1) is 12.8. The molecule has 0 saturated heterocycles. The van der Waals surface area contributed by atoms with Crippen LogP contribution in [-0.2, 0) is 9.59 Å². The minimum absolute atomic E-state index is 0.00463. The fourth-order valence-electron chi connectivity index (χ4n) is 0.704. The van der Waals surface area contributed by atoms with Gasteiger partial charge >= 0.3 is 5.97 Å². The summed E-state index contributed by atoms with van der Waals surface area (Å²) in [5, 5.41) is 8.66. The molecule has 1 atom stereocenters. The number of aliphatic carboxylic acids is 1. The molecule has 0 aliphatic carbocycles. The number of hydrogen-bond donors (Lipinski definition) is 3. The monoisotopic (exact) mass is 222 g/mol. The molecule has 0 spiro atoms. The van der Waals surface area contributed by atoms with E-state index < -0.39 is 16.6 Å². The van der Waals surface area contributed by atoms with E-state index in [0.717, 1.165) is 0 Å². The maximum absolute atomic E-state index is 11.4. The van der Waals surface area contributed by atoms with Crippen molar-refractivity contribution in [3.8, 4) is 0 Å². The Morgan fingerprint density at radius 1 is 1.46 bits per heavy atom. The van der Waals surface area contributed by atoms with Gasteiger partial charge in [-0.2, -0.15) is 25.3 Å². The van der Waals surface area contributed by atoms with E-state index in [-0.39, 0.29) is 18.0 Å². The molecule has 0 aliphatic heterocycles. The van der Waals surface area contributed by atoms with Gasteiger partial charge in [-0.05, 0) is 13.8 Å². The van der Waals surface area contributed by atoms with E-state index in [1.165, 1.54) is 0 Å². The Kier molecular flexibility index (Phi) is 4.85. The quantitative estimate of drug-likeness (QED) is 0.614. The van der Waals surface area contributed by atoms with Crippen molar-refractivity contribution in [3.63, 3.8) is 0 Å². The summed E-state index contributed by atoms with van der Waals surface area (Å²) in [4.78, 5) is 21.9. The van der Waals surface area contributed by atoms with E-state index in [9.17, 15) is 9.59 Å². The predicted octanol–water partition coefficient (Wildman–Crippen LogP) is 1.28. The van der Waals surface area contributed by atoms with E-state index in [1.807, 2.05) is 0 Å². The highest BCUT2D eigenvalue weighted by Crippen LogP contribution is 2.19. The summed E-state index contributed by atoms with van der Waals surface area (Å²) in [7, 11) is 0. The Morgan fingerprint density at radius 3 is 2.15 bits per heavy atom. The topological polar surface area (TPSA) is 54.4 Å². The Labute approximate surface area is 88.7 Å². The molecule has 0 aromatic carbocycles. The molecule has 0 radical (unpaired) electrons. The Morgan fingerprint density at radius 2 is 1.92 bits per heavy atom. The van der Waals surface area contributed by atoms with Gasteiger partial charge in [0.05, 0.1) is 10.7 Å². The molecule has 0 aromatic heterocycles. The number of carbonyl (C=O) groups is 2. The number of thiol groups is 2. The number of carbonyl (C=O) groups excluding carboxylic acids is 1. The lowest BCUT2D eigenvalue weighted by atomic mass is 9.97. The molecule has 0 heterocycles. The van der Waals surface area contributed by atoms with Crippen LogP contribution < -0.4 is 0 Å². The third-order valence-corrected chi connectivity index (χ3v) is 2.37. The van der Waals surface area contributed by atoms with E-state index in [2.05, 4.69) is 25.3 Å². The van der Waals surface area contributed by atoms with Crippen LogP contribution in [0.15, 0.2) is 0 Å². The number of hydrogen-bond acceptors (Lipinski definition) is 4. The van der Waals surface area contributed by atoms with E-state index in [4.69, 9.17) is 5.11 Å². The minimum Gasteiger partial charge on any atom is -0.481 e. The average Bonchev–Trinajstić information content (AvgIpc) is 1.96. The zero-order valence-corrected chi connectivity index (χ0v) is 9.44. The second-order valence-electron chi connectivity index (χ2n) is 3.40. The molecule has 0 fully saturated rings. The van der Waals surface area contributed by atoms with Crippen LogP contribution in [0.25, 0.3) is 0 Å². The number of carboxylic acid groups (broad SMARTS) is 1. The van der Waals surface area contributed by atoms with Gasteiger partial charge in [-0.3, -0.25) is 9.59 Å². The number of ketones is 1. The zero-order chi connectivity index (χ0) is 10.6. The molecule has 3 nitrogen and oxygen atoms in total. The first-order valence-electron chi connectivity index (χ1n) is 3.88. The number of Topliss-reactive ketones (excluding diaryl/α,β-unsaturated/α-hetero) is 1. The van der Waals surface area contributed by atoms with Crippen LogP contribution in [-0.4, -0.2) is 27.4 Å². The Bertz CT molecular complexity index is 208. The lowest BCUT2D eigenvalue weighted by molar-refractivity contribution is -0.143. The van der Waals surface area contributed by atoms with Crippen molar-refractivity contribution in [2.24, 2.45) is 5.92 Å². The van der Waals surface area contributed by atoms with Crippen molar-refractivity contribution in [1.82, 2.24) is 0 Å². The molecule has 1 unspecified atom stereocenters. The molecule has 0 aromatic rings.